The van der Waals surface area contributed by atoms with Crippen molar-refractivity contribution in [2.45, 2.75) is 51.0 Å². The molecule has 0 saturated carbocycles. The summed E-state index contributed by atoms with van der Waals surface area (Å²) in [7, 11) is 3.32. The van der Waals surface area contributed by atoms with Crippen molar-refractivity contribution < 1.29 is 19.4 Å². The van der Waals surface area contributed by atoms with Gasteiger partial charge in [0.2, 0.25) is 0 Å². The number of ether oxygens (including phenoxy) is 2. The fraction of sp³-hybridized carbons (Fsp3) is 0.500. The van der Waals surface area contributed by atoms with Gasteiger partial charge < -0.3 is 24.4 Å². The van der Waals surface area contributed by atoms with Crippen molar-refractivity contribution in [1.29, 1.82) is 0 Å². The predicted molar refractivity (Wildman–Crippen MR) is 125 cm³/mol. The van der Waals surface area contributed by atoms with Crippen LogP contribution in [-0.2, 0) is 11.8 Å². The molecular weight excluding hydrogens is 404 g/mol. The van der Waals surface area contributed by atoms with Crippen LogP contribution in [0.2, 0.25) is 0 Å². The van der Waals surface area contributed by atoms with Gasteiger partial charge >= 0.3 is 6.09 Å². The van der Waals surface area contributed by atoms with E-state index in [1.165, 1.54) is 27.9 Å². The molecule has 0 aromatic heterocycles. The molecule has 1 saturated heterocycles. The molecule has 0 bridgehead atoms. The number of hydrogen-bond donors (Lipinski definition) is 1. The average molecular weight is 437 g/mol. The summed E-state index contributed by atoms with van der Waals surface area (Å²) in [5, 5.41) is 9.70. The molecule has 170 valence electrons. The van der Waals surface area contributed by atoms with Crippen LogP contribution in [0.1, 0.15) is 49.8 Å². The normalized spacial score (nSPS) is 21.4. The number of fused-ring (bicyclic) bond motifs is 3. The highest BCUT2D eigenvalue weighted by Crippen LogP contribution is 2.55. The second kappa shape index (κ2) is 7.32. The molecule has 5 rings (SSSR count). The molecule has 1 fully saturated rings. The van der Waals surface area contributed by atoms with E-state index in [0.717, 1.165) is 36.4 Å². The minimum absolute atomic E-state index is 0.0957. The lowest BCUT2D eigenvalue weighted by atomic mass is 9.73. The maximum absolute atomic E-state index is 11.8. The van der Waals surface area contributed by atoms with Crippen LogP contribution in [0.25, 0.3) is 11.1 Å². The third-order valence-corrected chi connectivity index (χ3v) is 7.39. The lowest BCUT2D eigenvalue weighted by Gasteiger charge is -2.38. The molecule has 0 spiro atoms. The number of methoxy groups -OCH3 is 2. The summed E-state index contributed by atoms with van der Waals surface area (Å²) in [5.74, 6) is 1.65. The summed E-state index contributed by atoms with van der Waals surface area (Å²) in [6.45, 7) is 9.00. The Kier molecular flexibility index (Phi) is 4.80. The average Bonchev–Trinajstić information content (AvgIpc) is 3.33. The van der Waals surface area contributed by atoms with Crippen LogP contribution < -0.4 is 14.4 Å². The Balaban J connectivity index is 1.74. The quantitative estimate of drug-likeness (QED) is 0.743. The number of hydrogen-bond acceptors (Lipinski definition) is 4. The molecule has 3 aliphatic rings. The molecule has 0 aliphatic carbocycles. The Morgan fingerprint density at radius 3 is 2.50 bits per heavy atom. The predicted octanol–water partition coefficient (Wildman–Crippen LogP) is 4.88. The highest BCUT2D eigenvalue weighted by Gasteiger charge is 2.48. The lowest BCUT2D eigenvalue weighted by Crippen LogP contribution is -2.47. The van der Waals surface area contributed by atoms with E-state index < -0.39 is 6.09 Å². The molecule has 0 radical (unpaired) electrons. The summed E-state index contributed by atoms with van der Waals surface area (Å²) < 4.78 is 11.1. The van der Waals surface area contributed by atoms with Crippen molar-refractivity contribution in [2.75, 3.05) is 38.8 Å². The molecule has 3 aliphatic heterocycles. The van der Waals surface area contributed by atoms with Crippen LogP contribution >= 0.6 is 0 Å². The second-order valence-electron chi connectivity index (χ2n) is 10.2. The minimum Gasteiger partial charge on any atom is -0.493 e. The summed E-state index contributed by atoms with van der Waals surface area (Å²) in [6.07, 6.45) is 1.12. The summed E-state index contributed by atoms with van der Waals surface area (Å²) >= 11 is 0. The Bertz CT molecular complexity index is 1090. The highest BCUT2D eigenvalue weighted by molar-refractivity contribution is 5.83. The number of rotatable bonds is 3. The molecule has 2 atom stereocenters. The minimum atomic E-state index is -0.811. The first kappa shape index (κ1) is 21.0. The van der Waals surface area contributed by atoms with Gasteiger partial charge in [-0.2, -0.15) is 0 Å². The van der Waals surface area contributed by atoms with Crippen LogP contribution in [0, 0.1) is 0 Å². The number of likely N-dealkylation sites (tertiary alicyclic amines) is 1. The maximum atomic E-state index is 11.8. The first-order valence-electron chi connectivity index (χ1n) is 11.4. The topological polar surface area (TPSA) is 62.2 Å². The summed E-state index contributed by atoms with van der Waals surface area (Å²) in [4.78, 5) is 16.0. The van der Waals surface area contributed by atoms with E-state index in [4.69, 9.17) is 9.47 Å². The number of anilines is 1. The van der Waals surface area contributed by atoms with Gasteiger partial charge in [0.05, 0.1) is 14.2 Å². The summed E-state index contributed by atoms with van der Waals surface area (Å²) in [6, 6.07) is 8.89. The van der Waals surface area contributed by atoms with E-state index in [0.29, 0.717) is 19.1 Å². The summed E-state index contributed by atoms with van der Waals surface area (Å²) in [5.41, 5.74) is 7.70. The standard InChI is InChI=1S/C26H32N2O4/c1-26(2,3)23-17(15-6-7-20(31-4)21(13-15)32-5)12-16-8-11-28-19-9-10-27(25(29)30)14-18(19)22(23)24(16)28/h6-7,12-13,18-19H,8-11,14H2,1-5H3,(H,29,30)/t18-,19+/m1/s1. The van der Waals surface area contributed by atoms with Gasteiger partial charge in [0.25, 0.3) is 0 Å². The van der Waals surface area contributed by atoms with Gasteiger partial charge in [0.1, 0.15) is 0 Å². The Morgan fingerprint density at radius 2 is 1.84 bits per heavy atom. The van der Waals surface area contributed by atoms with E-state index in [2.05, 4.69) is 43.9 Å². The molecule has 2 aromatic rings. The number of benzene rings is 2. The van der Waals surface area contributed by atoms with E-state index in [1.54, 1.807) is 19.1 Å². The van der Waals surface area contributed by atoms with Crippen LogP contribution in [0.3, 0.4) is 0 Å². The fourth-order valence-corrected chi connectivity index (χ4v) is 6.14. The van der Waals surface area contributed by atoms with E-state index in [9.17, 15) is 9.90 Å². The molecule has 6 heteroatoms. The van der Waals surface area contributed by atoms with Gasteiger partial charge in [-0.25, -0.2) is 4.79 Å². The van der Waals surface area contributed by atoms with Crippen molar-refractivity contribution in [1.82, 2.24) is 4.90 Å². The zero-order valence-corrected chi connectivity index (χ0v) is 19.6. The van der Waals surface area contributed by atoms with Crippen LogP contribution in [0.15, 0.2) is 24.3 Å². The number of carbonyl (C=O) groups is 1. The van der Waals surface area contributed by atoms with Crippen molar-refractivity contribution in [3.8, 4) is 22.6 Å². The van der Waals surface area contributed by atoms with Gasteiger partial charge in [-0.1, -0.05) is 26.8 Å². The molecular formula is C26H32N2O4. The zero-order chi connectivity index (χ0) is 22.8. The third kappa shape index (κ3) is 3.03. The first-order chi connectivity index (χ1) is 15.2. The van der Waals surface area contributed by atoms with E-state index >= 15 is 0 Å². The molecule has 2 aromatic carbocycles. The molecule has 32 heavy (non-hydrogen) atoms. The largest absolute Gasteiger partial charge is 0.493 e. The van der Waals surface area contributed by atoms with Gasteiger partial charge in [-0.3, -0.25) is 0 Å². The van der Waals surface area contributed by atoms with Crippen molar-refractivity contribution in [3.63, 3.8) is 0 Å². The number of nitrogens with zero attached hydrogens (tertiary/aromatic N) is 2. The Labute approximate surface area is 189 Å². The smallest absolute Gasteiger partial charge is 0.407 e. The van der Waals surface area contributed by atoms with Crippen molar-refractivity contribution in [2.24, 2.45) is 0 Å². The molecule has 6 nitrogen and oxygen atoms in total. The Morgan fingerprint density at radius 1 is 1.09 bits per heavy atom. The van der Waals surface area contributed by atoms with Gasteiger partial charge in [0.15, 0.2) is 11.5 Å². The third-order valence-electron chi connectivity index (χ3n) is 7.39. The van der Waals surface area contributed by atoms with Crippen LogP contribution in [0.4, 0.5) is 10.5 Å². The van der Waals surface area contributed by atoms with Crippen LogP contribution in [-0.4, -0.2) is 56.0 Å². The molecule has 1 N–H and O–H groups in total. The van der Waals surface area contributed by atoms with Crippen LogP contribution in [0.5, 0.6) is 11.5 Å². The second-order valence-corrected chi connectivity index (χ2v) is 10.2. The highest BCUT2D eigenvalue weighted by atomic mass is 16.5. The van der Waals surface area contributed by atoms with Gasteiger partial charge in [0, 0.05) is 37.3 Å². The number of amides is 1. The first-order valence-corrected chi connectivity index (χ1v) is 11.4. The zero-order valence-electron chi connectivity index (χ0n) is 19.6. The number of piperidine rings is 1. The van der Waals surface area contributed by atoms with Gasteiger partial charge in [-0.05, 0) is 64.3 Å². The van der Waals surface area contributed by atoms with Crippen molar-refractivity contribution >= 4 is 11.8 Å². The van der Waals surface area contributed by atoms with E-state index in [1.807, 2.05) is 6.07 Å². The molecule has 1 amide bonds. The maximum Gasteiger partial charge on any atom is 0.407 e. The van der Waals surface area contributed by atoms with Gasteiger partial charge in [-0.15, -0.1) is 0 Å². The Hall–Kier alpha value is -2.89. The van der Waals surface area contributed by atoms with E-state index in [-0.39, 0.29) is 11.3 Å². The number of carboxylic acid groups (broad SMARTS) is 1. The monoisotopic (exact) mass is 436 g/mol. The fourth-order valence-electron chi connectivity index (χ4n) is 6.14. The van der Waals surface area contributed by atoms with Crippen molar-refractivity contribution in [3.05, 3.63) is 41.0 Å². The molecule has 0 unspecified atom stereocenters. The SMILES string of the molecule is COc1ccc(-c2cc3c4c(c2C(C)(C)C)[C@@H]2CN(C(=O)O)CC[C@@H]2N4CC3)cc1OC. The lowest BCUT2D eigenvalue weighted by molar-refractivity contribution is 0.127. The molecule has 3 heterocycles.